The normalized spacial score (nSPS) is 22.9. The molecule has 1 atom stereocenters. The van der Waals surface area contributed by atoms with Gasteiger partial charge < -0.3 is 19.9 Å². The van der Waals surface area contributed by atoms with Crippen LogP contribution < -0.4 is 5.32 Å². The van der Waals surface area contributed by atoms with Gasteiger partial charge in [-0.2, -0.15) is 0 Å². The van der Waals surface area contributed by atoms with Crippen molar-refractivity contribution in [1.82, 2.24) is 10.2 Å². The Labute approximate surface area is 127 Å². The van der Waals surface area contributed by atoms with Crippen molar-refractivity contribution in [2.24, 2.45) is 0 Å². The van der Waals surface area contributed by atoms with Crippen LogP contribution in [0.25, 0.3) is 0 Å². The number of nitrogens with one attached hydrogen (secondary N) is 1. The van der Waals surface area contributed by atoms with Crippen LogP contribution in [0.2, 0.25) is 0 Å². The van der Waals surface area contributed by atoms with E-state index in [1.54, 1.807) is 0 Å². The molecule has 2 aliphatic heterocycles. The highest BCUT2D eigenvalue weighted by atomic mass is 16.6. The number of carbonyl (C=O) groups is 2. The lowest BCUT2D eigenvalue weighted by Gasteiger charge is -2.53. The van der Waals surface area contributed by atoms with Gasteiger partial charge in [-0.1, -0.05) is 30.3 Å². The Morgan fingerprint density at radius 2 is 2.14 bits per heavy atom. The zero-order valence-corrected chi connectivity index (χ0v) is 12.0. The van der Waals surface area contributed by atoms with E-state index in [1.807, 2.05) is 30.3 Å². The molecule has 3 rings (SSSR count). The number of carbonyl (C=O) groups excluding carboxylic acids is 2. The Hall–Kier alpha value is -2.12. The molecule has 2 heterocycles. The number of hydrogen-bond donors (Lipinski definition) is 2. The molecule has 2 saturated heterocycles. The number of aliphatic hydroxyl groups is 1. The average molecular weight is 306 g/mol. The molecule has 0 radical (unpaired) electrons. The Bertz CT molecular complexity index is 558. The largest absolute Gasteiger partial charge is 0.445 e. The van der Waals surface area contributed by atoms with Crippen molar-refractivity contribution in [3.63, 3.8) is 0 Å². The van der Waals surface area contributed by atoms with Crippen LogP contribution >= 0.6 is 0 Å². The van der Waals surface area contributed by atoms with Gasteiger partial charge in [0.2, 0.25) is 5.91 Å². The van der Waals surface area contributed by atoms with Gasteiger partial charge in [-0.25, -0.2) is 4.79 Å². The van der Waals surface area contributed by atoms with Crippen molar-refractivity contribution in [2.75, 3.05) is 26.4 Å². The lowest BCUT2D eigenvalue weighted by atomic mass is 9.90. The predicted molar refractivity (Wildman–Crippen MR) is 75.9 cm³/mol. The second-order valence-corrected chi connectivity index (χ2v) is 5.54. The van der Waals surface area contributed by atoms with Crippen LogP contribution in [0.5, 0.6) is 0 Å². The molecule has 7 nitrogen and oxygen atoms in total. The SMILES string of the molecule is O=C1NCC2(COC2)N(C(=O)OCc2ccccc2)C1CO. The molecule has 0 aliphatic carbocycles. The number of nitrogens with zero attached hydrogens (tertiary/aromatic N) is 1. The number of ether oxygens (including phenoxy) is 2. The van der Waals surface area contributed by atoms with Crippen LogP contribution in [0.4, 0.5) is 4.79 Å². The van der Waals surface area contributed by atoms with E-state index < -0.39 is 24.3 Å². The summed E-state index contributed by atoms with van der Waals surface area (Å²) in [6.07, 6.45) is -0.610. The molecule has 2 N–H and O–H groups in total. The fraction of sp³-hybridized carbons (Fsp3) is 0.467. The zero-order valence-electron chi connectivity index (χ0n) is 12.0. The second-order valence-electron chi connectivity index (χ2n) is 5.54. The van der Waals surface area contributed by atoms with Crippen LogP contribution in [-0.2, 0) is 20.9 Å². The molecule has 118 valence electrons. The van der Waals surface area contributed by atoms with Gasteiger partial charge >= 0.3 is 6.09 Å². The number of piperazine rings is 1. The second kappa shape index (κ2) is 5.94. The monoisotopic (exact) mass is 306 g/mol. The summed E-state index contributed by atoms with van der Waals surface area (Å²) in [4.78, 5) is 25.7. The van der Waals surface area contributed by atoms with E-state index in [0.29, 0.717) is 19.8 Å². The standard InChI is InChI=1S/C15H18N2O5/c18-6-12-13(19)16-8-15(9-21-10-15)17(12)14(20)22-7-11-4-2-1-3-5-11/h1-5,12,18H,6-10H2,(H,16,19). The van der Waals surface area contributed by atoms with Gasteiger partial charge in [0, 0.05) is 6.54 Å². The maximum atomic E-state index is 12.5. The van der Waals surface area contributed by atoms with Crippen molar-refractivity contribution < 1.29 is 24.2 Å². The number of aliphatic hydroxyl groups excluding tert-OH is 1. The molecule has 1 spiro atoms. The third-order valence-electron chi connectivity index (χ3n) is 4.03. The first kappa shape index (κ1) is 14.8. The van der Waals surface area contributed by atoms with E-state index in [0.717, 1.165) is 5.56 Å². The minimum atomic E-state index is -0.944. The number of amides is 2. The van der Waals surface area contributed by atoms with Gasteiger partial charge in [-0.3, -0.25) is 9.69 Å². The summed E-state index contributed by atoms with van der Waals surface area (Å²) in [5.41, 5.74) is 0.242. The number of hydrogen-bond acceptors (Lipinski definition) is 5. The summed E-state index contributed by atoms with van der Waals surface area (Å²) in [5, 5.41) is 12.2. The van der Waals surface area contributed by atoms with E-state index in [9.17, 15) is 14.7 Å². The smallest absolute Gasteiger partial charge is 0.411 e. The molecule has 7 heteroatoms. The van der Waals surface area contributed by atoms with E-state index in [1.165, 1.54) is 4.90 Å². The molecule has 0 bridgehead atoms. The first-order chi connectivity index (χ1) is 10.7. The maximum Gasteiger partial charge on any atom is 0.411 e. The van der Waals surface area contributed by atoms with E-state index >= 15 is 0 Å². The molecular weight excluding hydrogens is 288 g/mol. The predicted octanol–water partition coefficient (Wildman–Crippen LogP) is -0.115. The molecule has 1 aromatic rings. The Morgan fingerprint density at radius 1 is 1.41 bits per heavy atom. The highest BCUT2D eigenvalue weighted by Crippen LogP contribution is 2.30. The summed E-state index contributed by atoms with van der Waals surface area (Å²) in [6, 6.07) is 8.35. The molecule has 0 saturated carbocycles. The van der Waals surface area contributed by atoms with E-state index in [-0.39, 0.29) is 12.5 Å². The summed E-state index contributed by atoms with van der Waals surface area (Å²) < 4.78 is 10.5. The van der Waals surface area contributed by atoms with Gasteiger partial charge in [0.15, 0.2) is 0 Å². The number of rotatable bonds is 3. The van der Waals surface area contributed by atoms with Crippen LogP contribution in [0.1, 0.15) is 5.56 Å². The Kier molecular flexibility index (Phi) is 4.00. The first-order valence-electron chi connectivity index (χ1n) is 7.13. The number of benzene rings is 1. The average Bonchev–Trinajstić information content (AvgIpc) is 2.51. The molecule has 2 fully saturated rings. The topological polar surface area (TPSA) is 88.1 Å². The molecule has 0 aromatic heterocycles. The van der Waals surface area contributed by atoms with Crippen LogP contribution in [0.15, 0.2) is 30.3 Å². The highest BCUT2D eigenvalue weighted by Gasteiger charge is 2.54. The molecule has 22 heavy (non-hydrogen) atoms. The van der Waals surface area contributed by atoms with Crippen molar-refractivity contribution in [3.05, 3.63) is 35.9 Å². The third kappa shape index (κ3) is 2.53. The zero-order chi connectivity index (χ0) is 15.6. The fourth-order valence-corrected chi connectivity index (χ4v) is 2.76. The van der Waals surface area contributed by atoms with Gasteiger partial charge in [-0.05, 0) is 5.56 Å². The lowest BCUT2D eigenvalue weighted by molar-refractivity contribution is -0.170. The molecular formula is C15H18N2O5. The van der Waals surface area contributed by atoms with Crippen molar-refractivity contribution in [3.8, 4) is 0 Å². The first-order valence-corrected chi connectivity index (χ1v) is 7.13. The maximum absolute atomic E-state index is 12.5. The van der Waals surface area contributed by atoms with E-state index in [4.69, 9.17) is 9.47 Å². The highest BCUT2D eigenvalue weighted by molar-refractivity contribution is 5.88. The van der Waals surface area contributed by atoms with Crippen molar-refractivity contribution in [2.45, 2.75) is 18.2 Å². The van der Waals surface area contributed by atoms with E-state index in [2.05, 4.69) is 5.32 Å². The van der Waals surface area contributed by atoms with Crippen LogP contribution in [0.3, 0.4) is 0 Å². The van der Waals surface area contributed by atoms with Gasteiger partial charge in [0.25, 0.3) is 0 Å². The van der Waals surface area contributed by atoms with Crippen LogP contribution in [-0.4, -0.2) is 60.0 Å². The third-order valence-corrected chi connectivity index (χ3v) is 4.03. The van der Waals surface area contributed by atoms with Crippen LogP contribution in [0, 0.1) is 0 Å². The van der Waals surface area contributed by atoms with Gasteiger partial charge in [0.1, 0.15) is 18.2 Å². The summed E-state index contributed by atoms with van der Waals surface area (Å²) >= 11 is 0. The van der Waals surface area contributed by atoms with Crippen molar-refractivity contribution in [1.29, 1.82) is 0 Å². The quantitative estimate of drug-likeness (QED) is 0.813. The summed E-state index contributed by atoms with van der Waals surface area (Å²) in [7, 11) is 0. The van der Waals surface area contributed by atoms with Gasteiger partial charge in [0.05, 0.1) is 19.8 Å². The minimum absolute atomic E-state index is 0.118. The fourth-order valence-electron chi connectivity index (χ4n) is 2.76. The summed E-state index contributed by atoms with van der Waals surface area (Å²) in [5.74, 6) is -0.378. The molecule has 2 aliphatic rings. The van der Waals surface area contributed by atoms with Crippen molar-refractivity contribution >= 4 is 12.0 Å². The Morgan fingerprint density at radius 3 is 2.73 bits per heavy atom. The summed E-state index contributed by atoms with van der Waals surface area (Å²) in [6.45, 7) is 0.623. The molecule has 1 unspecified atom stereocenters. The minimum Gasteiger partial charge on any atom is -0.445 e. The molecule has 1 aromatic carbocycles. The lowest BCUT2D eigenvalue weighted by Crippen LogP contribution is -2.77. The molecule has 2 amide bonds. The van der Waals surface area contributed by atoms with Gasteiger partial charge in [-0.15, -0.1) is 0 Å². The Balaban J connectivity index is 1.73.